The van der Waals surface area contributed by atoms with E-state index in [1.807, 2.05) is 29.1 Å². The van der Waals surface area contributed by atoms with E-state index >= 15 is 0 Å². The predicted molar refractivity (Wildman–Crippen MR) is 63.3 cm³/mol. The summed E-state index contributed by atoms with van der Waals surface area (Å²) in [5.74, 6) is 0. The summed E-state index contributed by atoms with van der Waals surface area (Å²) in [5, 5.41) is 6.87. The highest BCUT2D eigenvalue weighted by molar-refractivity contribution is 7.10. The van der Waals surface area contributed by atoms with Gasteiger partial charge in [0.25, 0.3) is 0 Å². The summed E-state index contributed by atoms with van der Waals surface area (Å²) in [6.45, 7) is 2.86. The molecule has 0 aliphatic rings. The second kappa shape index (κ2) is 4.35. The van der Waals surface area contributed by atoms with Crippen molar-refractivity contribution in [2.75, 3.05) is 0 Å². The minimum absolute atomic E-state index is 0.181. The van der Waals surface area contributed by atoms with Crippen LogP contribution in [0.25, 0.3) is 0 Å². The Balaban J connectivity index is 2.36. The molecule has 0 bridgehead atoms. The first-order valence-electron chi connectivity index (χ1n) is 4.74. The second-order valence-corrected chi connectivity index (χ2v) is 4.54. The summed E-state index contributed by atoms with van der Waals surface area (Å²) in [7, 11) is 0. The summed E-state index contributed by atoms with van der Waals surface area (Å²) in [6, 6.07) is 3.62. The monoisotopic (exact) mass is 241 g/mol. The second-order valence-electron chi connectivity index (χ2n) is 3.18. The maximum atomic E-state index is 6.15. The van der Waals surface area contributed by atoms with Crippen LogP contribution in [0.3, 0.4) is 0 Å². The number of halogens is 1. The van der Waals surface area contributed by atoms with Crippen molar-refractivity contribution in [2.45, 2.75) is 19.5 Å². The van der Waals surface area contributed by atoms with E-state index < -0.39 is 0 Å². The van der Waals surface area contributed by atoms with Crippen LogP contribution in [0.2, 0.25) is 5.02 Å². The van der Waals surface area contributed by atoms with Crippen LogP contribution in [-0.4, -0.2) is 9.78 Å². The van der Waals surface area contributed by atoms with Gasteiger partial charge in [0, 0.05) is 17.6 Å². The minimum atomic E-state index is -0.181. The molecule has 1 atom stereocenters. The molecule has 2 aromatic heterocycles. The molecule has 0 aromatic carbocycles. The number of hydrogen-bond acceptors (Lipinski definition) is 3. The van der Waals surface area contributed by atoms with Gasteiger partial charge in [0.05, 0.1) is 16.8 Å². The molecule has 0 amide bonds. The molecule has 1 unspecified atom stereocenters. The molecule has 0 saturated heterocycles. The molecule has 0 spiro atoms. The number of aromatic nitrogens is 2. The van der Waals surface area contributed by atoms with Gasteiger partial charge in [0.15, 0.2) is 0 Å². The fraction of sp³-hybridized carbons (Fsp3) is 0.300. The van der Waals surface area contributed by atoms with Crippen molar-refractivity contribution in [3.63, 3.8) is 0 Å². The van der Waals surface area contributed by atoms with Gasteiger partial charge in [-0.3, -0.25) is 4.68 Å². The molecule has 5 heteroatoms. The molecule has 2 heterocycles. The van der Waals surface area contributed by atoms with Crippen molar-refractivity contribution in [1.29, 1.82) is 0 Å². The average molecular weight is 242 g/mol. The summed E-state index contributed by atoms with van der Waals surface area (Å²) in [5.41, 5.74) is 7.15. The average Bonchev–Trinajstić information content (AvgIpc) is 2.84. The molecule has 2 rings (SSSR count). The van der Waals surface area contributed by atoms with Crippen molar-refractivity contribution in [2.24, 2.45) is 5.73 Å². The summed E-state index contributed by atoms with van der Waals surface area (Å²) >= 11 is 7.62. The van der Waals surface area contributed by atoms with Crippen LogP contribution in [0.5, 0.6) is 0 Å². The lowest BCUT2D eigenvalue weighted by atomic mass is 10.2. The highest BCUT2D eigenvalue weighted by Crippen LogP contribution is 2.30. The van der Waals surface area contributed by atoms with Gasteiger partial charge in [0.2, 0.25) is 0 Å². The van der Waals surface area contributed by atoms with Crippen molar-refractivity contribution in [1.82, 2.24) is 9.78 Å². The topological polar surface area (TPSA) is 43.8 Å². The van der Waals surface area contributed by atoms with Crippen LogP contribution in [0.1, 0.15) is 23.5 Å². The number of nitrogens with zero attached hydrogens (tertiary/aromatic N) is 2. The fourth-order valence-corrected chi connectivity index (χ4v) is 2.72. The molecule has 0 saturated carbocycles. The van der Waals surface area contributed by atoms with Crippen LogP contribution >= 0.6 is 22.9 Å². The maximum absolute atomic E-state index is 6.15. The first-order valence-corrected chi connectivity index (χ1v) is 6.00. The Morgan fingerprint density at radius 3 is 3.00 bits per heavy atom. The van der Waals surface area contributed by atoms with Crippen molar-refractivity contribution in [3.05, 3.63) is 39.3 Å². The Labute approximate surface area is 97.5 Å². The zero-order chi connectivity index (χ0) is 10.8. The van der Waals surface area contributed by atoms with Crippen molar-refractivity contribution >= 4 is 22.9 Å². The van der Waals surface area contributed by atoms with Crippen LogP contribution < -0.4 is 5.73 Å². The van der Waals surface area contributed by atoms with E-state index in [2.05, 4.69) is 5.10 Å². The molecule has 80 valence electrons. The van der Waals surface area contributed by atoms with Crippen LogP contribution in [0.15, 0.2) is 23.7 Å². The molecule has 2 aromatic rings. The van der Waals surface area contributed by atoms with Gasteiger partial charge in [-0.05, 0) is 24.4 Å². The van der Waals surface area contributed by atoms with Gasteiger partial charge in [-0.25, -0.2) is 0 Å². The largest absolute Gasteiger partial charge is 0.318 e. The van der Waals surface area contributed by atoms with E-state index in [4.69, 9.17) is 17.3 Å². The van der Waals surface area contributed by atoms with Gasteiger partial charge >= 0.3 is 0 Å². The quantitative estimate of drug-likeness (QED) is 0.898. The van der Waals surface area contributed by atoms with Crippen molar-refractivity contribution < 1.29 is 0 Å². The Kier molecular flexibility index (Phi) is 3.09. The van der Waals surface area contributed by atoms with E-state index in [1.165, 1.54) is 0 Å². The van der Waals surface area contributed by atoms with E-state index in [0.717, 1.165) is 22.1 Å². The third-order valence-corrected chi connectivity index (χ3v) is 3.74. The van der Waals surface area contributed by atoms with Crippen LogP contribution in [0, 0.1) is 0 Å². The lowest BCUT2D eigenvalue weighted by Crippen LogP contribution is -2.16. The number of rotatable bonds is 3. The zero-order valence-corrected chi connectivity index (χ0v) is 9.92. The number of nitrogens with two attached hydrogens (primary N) is 1. The molecule has 0 aliphatic heterocycles. The SMILES string of the molecule is CCn1nccc1C(N)c1sccc1Cl. The lowest BCUT2D eigenvalue weighted by Gasteiger charge is -2.12. The molecular weight excluding hydrogens is 230 g/mol. The summed E-state index contributed by atoms with van der Waals surface area (Å²) < 4.78 is 1.89. The summed E-state index contributed by atoms with van der Waals surface area (Å²) in [6.07, 6.45) is 1.76. The fourth-order valence-electron chi connectivity index (χ4n) is 1.53. The number of hydrogen-bond donors (Lipinski definition) is 1. The van der Waals surface area contributed by atoms with E-state index in [0.29, 0.717) is 0 Å². The number of thiophene rings is 1. The zero-order valence-electron chi connectivity index (χ0n) is 8.35. The molecular formula is C10H12ClN3S. The first kappa shape index (κ1) is 10.7. The number of aryl methyl sites for hydroxylation is 1. The van der Waals surface area contributed by atoms with Gasteiger partial charge in [-0.15, -0.1) is 11.3 Å². The minimum Gasteiger partial charge on any atom is -0.318 e. The molecule has 0 radical (unpaired) electrons. The first-order chi connectivity index (χ1) is 7.24. The van der Waals surface area contributed by atoms with Crippen LogP contribution in [-0.2, 0) is 6.54 Å². The van der Waals surface area contributed by atoms with Crippen molar-refractivity contribution in [3.8, 4) is 0 Å². The van der Waals surface area contributed by atoms with Crippen LogP contribution in [0.4, 0.5) is 0 Å². The Bertz CT molecular complexity index is 449. The van der Waals surface area contributed by atoms with E-state index in [9.17, 15) is 0 Å². The molecule has 0 fully saturated rings. The lowest BCUT2D eigenvalue weighted by molar-refractivity contribution is 0.603. The third-order valence-electron chi connectivity index (χ3n) is 2.29. The maximum Gasteiger partial charge on any atom is 0.0831 e. The molecule has 0 aliphatic carbocycles. The molecule has 2 N–H and O–H groups in total. The summed E-state index contributed by atoms with van der Waals surface area (Å²) in [4.78, 5) is 0.992. The van der Waals surface area contributed by atoms with E-state index in [1.54, 1.807) is 17.5 Å². The Hall–Kier alpha value is -0.840. The Morgan fingerprint density at radius 2 is 2.40 bits per heavy atom. The smallest absolute Gasteiger partial charge is 0.0831 e. The predicted octanol–water partition coefficient (Wildman–Crippen LogP) is 2.67. The Morgan fingerprint density at radius 1 is 1.60 bits per heavy atom. The third kappa shape index (κ3) is 1.93. The molecule has 3 nitrogen and oxygen atoms in total. The van der Waals surface area contributed by atoms with Gasteiger partial charge < -0.3 is 5.73 Å². The van der Waals surface area contributed by atoms with Gasteiger partial charge in [-0.2, -0.15) is 5.10 Å². The normalized spacial score (nSPS) is 13.0. The highest BCUT2D eigenvalue weighted by atomic mass is 35.5. The van der Waals surface area contributed by atoms with E-state index in [-0.39, 0.29) is 6.04 Å². The standard InChI is InChI=1S/C10H12ClN3S/c1-2-14-8(3-5-13-14)9(12)10-7(11)4-6-15-10/h3-6,9H,2,12H2,1H3. The highest BCUT2D eigenvalue weighted by Gasteiger charge is 2.17. The van der Waals surface area contributed by atoms with Gasteiger partial charge in [-0.1, -0.05) is 11.6 Å². The molecule has 15 heavy (non-hydrogen) atoms. The van der Waals surface area contributed by atoms with Gasteiger partial charge in [0.1, 0.15) is 0 Å².